The smallest absolute Gasteiger partial charge is 0.245 e. The van der Waals surface area contributed by atoms with E-state index in [4.69, 9.17) is 5.73 Å². The van der Waals surface area contributed by atoms with Crippen molar-refractivity contribution in [3.05, 3.63) is 24.3 Å². The number of hydrogen-bond donors (Lipinski definition) is 2. The lowest BCUT2D eigenvalue weighted by molar-refractivity contribution is -0.117. The molecule has 0 fully saturated rings. The van der Waals surface area contributed by atoms with E-state index >= 15 is 0 Å². The average molecular weight is 256 g/mol. The van der Waals surface area contributed by atoms with Crippen molar-refractivity contribution in [2.45, 2.75) is 18.6 Å². The van der Waals surface area contributed by atoms with Crippen LogP contribution in [0.15, 0.2) is 24.3 Å². The van der Waals surface area contributed by atoms with E-state index in [0.29, 0.717) is 11.4 Å². The molecule has 0 radical (unpaired) electrons. The lowest BCUT2D eigenvalue weighted by Crippen LogP contribution is -2.43. The first kappa shape index (κ1) is 13.5. The van der Waals surface area contributed by atoms with Crippen molar-refractivity contribution >= 4 is 27.1 Å². The number of para-hydroxylation sites is 2. The molecule has 1 amide bonds. The molecule has 0 saturated heterocycles. The maximum Gasteiger partial charge on any atom is 0.245 e. The number of carbonyl (C=O) groups excluding carboxylic acids is 1. The van der Waals surface area contributed by atoms with Gasteiger partial charge in [0.05, 0.1) is 11.4 Å². The van der Waals surface area contributed by atoms with Crippen LogP contribution in [0.4, 0.5) is 11.4 Å². The van der Waals surface area contributed by atoms with Gasteiger partial charge in [-0.05, 0) is 26.0 Å². The van der Waals surface area contributed by atoms with Crippen LogP contribution >= 0.6 is 0 Å². The topological polar surface area (TPSA) is 89.3 Å². The van der Waals surface area contributed by atoms with Crippen LogP contribution < -0.4 is 11.1 Å². The number of amides is 1. The average Bonchev–Trinajstić information content (AvgIpc) is 2.19. The van der Waals surface area contributed by atoms with Crippen LogP contribution in [0.3, 0.4) is 0 Å². The zero-order valence-corrected chi connectivity index (χ0v) is 10.8. The summed E-state index contributed by atoms with van der Waals surface area (Å²) < 4.78 is 21.5. The molecule has 6 heteroatoms. The van der Waals surface area contributed by atoms with Gasteiger partial charge in [-0.2, -0.15) is 0 Å². The molecule has 0 aromatic heterocycles. The molecule has 0 aliphatic heterocycles. The molecule has 5 nitrogen and oxygen atoms in total. The Morgan fingerprint density at radius 2 is 1.82 bits per heavy atom. The fourth-order valence-electron chi connectivity index (χ4n) is 1.05. The van der Waals surface area contributed by atoms with Crippen LogP contribution in [0, 0.1) is 0 Å². The number of hydrogen-bond acceptors (Lipinski definition) is 4. The molecule has 1 aromatic carbocycles. The highest BCUT2D eigenvalue weighted by atomic mass is 32.2. The van der Waals surface area contributed by atoms with Gasteiger partial charge in [0.15, 0.2) is 9.84 Å². The summed E-state index contributed by atoms with van der Waals surface area (Å²) in [5.74, 6) is -0.599. The van der Waals surface area contributed by atoms with E-state index in [2.05, 4.69) is 5.32 Å². The molecular formula is C11H16N2O3S. The lowest BCUT2D eigenvalue weighted by atomic mass is 10.2. The Hall–Kier alpha value is -1.56. The van der Waals surface area contributed by atoms with Crippen molar-refractivity contribution in [1.29, 1.82) is 0 Å². The van der Waals surface area contributed by atoms with Gasteiger partial charge in [-0.25, -0.2) is 8.42 Å². The quantitative estimate of drug-likeness (QED) is 0.790. The summed E-state index contributed by atoms with van der Waals surface area (Å²) >= 11 is 0. The molecule has 3 N–H and O–H groups in total. The van der Waals surface area contributed by atoms with Crippen LogP contribution in [-0.4, -0.2) is 25.3 Å². The summed E-state index contributed by atoms with van der Waals surface area (Å²) in [6.07, 6.45) is 1.03. The van der Waals surface area contributed by atoms with Crippen molar-refractivity contribution in [2.75, 3.05) is 17.3 Å². The van der Waals surface area contributed by atoms with E-state index in [0.717, 1.165) is 6.26 Å². The predicted octanol–water partition coefficient (Wildman–Crippen LogP) is 1.03. The van der Waals surface area contributed by atoms with Crippen molar-refractivity contribution < 1.29 is 13.2 Å². The molecule has 1 rings (SSSR count). The predicted molar refractivity (Wildman–Crippen MR) is 68.4 cm³/mol. The van der Waals surface area contributed by atoms with Crippen molar-refractivity contribution in [1.82, 2.24) is 0 Å². The Balaban J connectivity index is 2.99. The molecular weight excluding hydrogens is 240 g/mol. The third-order valence-electron chi connectivity index (χ3n) is 2.68. The largest absolute Gasteiger partial charge is 0.397 e. The summed E-state index contributed by atoms with van der Waals surface area (Å²) in [5.41, 5.74) is 6.46. The molecule has 0 spiro atoms. The SMILES string of the molecule is CC(C)(C(=O)Nc1ccccc1N)S(C)(=O)=O. The number of carbonyl (C=O) groups is 1. The van der Waals surface area contributed by atoms with Gasteiger partial charge in [-0.1, -0.05) is 12.1 Å². The van der Waals surface area contributed by atoms with Crippen LogP contribution in [0.25, 0.3) is 0 Å². The molecule has 0 aliphatic rings. The van der Waals surface area contributed by atoms with E-state index in [1.165, 1.54) is 13.8 Å². The van der Waals surface area contributed by atoms with Gasteiger partial charge in [-0.15, -0.1) is 0 Å². The zero-order chi connectivity index (χ0) is 13.3. The second-order valence-electron chi connectivity index (χ2n) is 4.32. The number of nitrogens with two attached hydrogens (primary N) is 1. The zero-order valence-electron chi connectivity index (χ0n) is 10.0. The van der Waals surface area contributed by atoms with Crippen molar-refractivity contribution in [3.63, 3.8) is 0 Å². The summed E-state index contributed by atoms with van der Waals surface area (Å²) in [7, 11) is -3.49. The van der Waals surface area contributed by atoms with Gasteiger partial charge >= 0.3 is 0 Å². The summed E-state index contributed by atoms with van der Waals surface area (Å²) in [4.78, 5) is 11.9. The van der Waals surface area contributed by atoms with Crippen molar-refractivity contribution in [2.24, 2.45) is 0 Å². The Kier molecular flexibility index (Phi) is 3.47. The number of anilines is 2. The summed E-state index contributed by atoms with van der Waals surface area (Å²) in [6.45, 7) is 2.72. The van der Waals surface area contributed by atoms with Gasteiger partial charge in [0.2, 0.25) is 5.91 Å². The van der Waals surface area contributed by atoms with Gasteiger partial charge in [0.1, 0.15) is 4.75 Å². The standard InChI is InChI=1S/C11H16N2O3S/c1-11(2,17(3,15)16)10(14)13-9-7-5-4-6-8(9)12/h4-7H,12H2,1-3H3,(H,13,14). The number of nitrogen functional groups attached to an aromatic ring is 1. The Morgan fingerprint density at radius 1 is 1.29 bits per heavy atom. The van der Waals surface area contributed by atoms with Gasteiger partial charge < -0.3 is 11.1 Å². The minimum absolute atomic E-state index is 0.394. The monoisotopic (exact) mass is 256 g/mol. The van der Waals surface area contributed by atoms with Crippen LogP contribution in [0.5, 0.6) is 0 Å². The third-order valence-corrected chi connectivity index (χ3v) is 4.72. The second kappa shape index (κ2) is 4.37. The molecule has 1 aromatic rings. The van der Waals surface area contributed by atoms with E-state index in [1.807, 2.05) is 0 Å². The minimum atomic E-state index is -3.49. The molecule has 94 valence electrons. The van der Waals surface area contributed by atoms with Crippen molar-refractivity contribution in [3.8, 4) is 0 Å². The fourth-order valence-corrected chi connectivity index (χ4v) is 1.44. The maximum atomic E-state index is 11.9. The van der Waals surface area contributed by atoms with Gasteiger partial charge in [0, 0.05) is 6.26 Å². The van der Waals surface area contributed by atoms with E-state index < -0.39 is 20.5 Å². The lowest BCUT2D eigenvalue weighted by Gasteiger charge is -2.21. The first-order valence-electron chi connectivity index (χ1n) is 5.02. The molecule has 0 saturated carbocycles. The normalized spacial score (nSPS) is 12.2. The molecule has 0 heterocycles. The minimum Gasteiger partial charge on any atom is -0.397 e. The second-order valence-corrected chi connectivity index (χ2v) is 6.89. The van der Waals surface area contributed by atoms with E-state index in [1.54, 1.807) is 24.3 Å². The first-order chi connectivity index (χ1) is 7.66. The fraction of sp³-hybridized carbons (Fsp3) is 0.364. The number of rotatable bonds is 3. The van der Waals surface area contributed by atoms with E-state index in [9.17, 15) is 13.2 Å². The highest BCUT2D eigenvalue weighted by molar-refractivity contribution is 7.92. The van der Waals surface area contributed by atoms with Gasteiger partial charge in [-0.3, -0.25) is 4.79 Å². The van der Waals surface area contributed by atoms with Crippen LogP contribution in [0.2, 0.25) is 0 Å². The van der Waals surface area contributed by atoms with Gasteiger partial charge in [0.25, 0.3) is 0 Å². The molecule has 17 heavy (non-hydrogen) atoms. The number of sulfone groups is 1. The Bertz CT molecular complexity index is 535. The van der Waals surface area contributed by atoms with Crippen LogP contribution in [-0.2, 0) is 14.6 Å². The Morgan fingerprint density at radius 3 is 2.29 bits per heavy atom. The molecule has 0 unspecified atom stereocenters. The molecule has 0 atom stereocenters. The molecule has 0 bridgehead atoms. The van der Waals surface area contributed by atoms with Crippen LogP contribution in [0.1, 0.15) is 13.8 Å². The summed E-state index contributed by atoms with van der Waals surface area (Å²) in [6, 6.07) is 6.68. The highest BCUT2D eigenvalue weighted by Gasteiger charge is 2.38. The number of nitrogens with one attached hydrogen (secondary N) is 1. The maximum absolute atomic E-state index is 11.9. The Labute approximate surface area is 101 Å². The summed E-state index contributed by atoms with van der Waals surface area (Å²) in [5, 5.41) is 2.51. The third kappa shape index (κ3) is 2.76. The first-order valence-corrected chi connectivity index (χ1v) is 6.91. The van der Waals surface area contributed by atoms with E-state index in [-0.39, 0.29) is 0 Å². The number of benzene rings is 1. The molecule has 0 aliphatic carbocycles. The highest BCUT2D eigenvalue weighted by Crippen LogP contribution is 2.21.